The van der Waals surface area contributed by atoms with Crippen LogP contribution in [0.5, 0.6) is 5.75 Å². The van der Waals surface area contributed by atoms with Crippen molar-refractivity contribution in [3.63, 3.8) is 0 Å². The molecule has 0 aliphatic heterocycles. The molecular weight excluding hydrogens is 349 g/mol. The Balaban J connectivity index is 1.98. The molecule has 0 aliphatic rings. The lowest BCUT2D eigenvalue weighted by molar-refractivity contribution is 0.0462. The molecule has 1 aromatic carbocycles. The maximum absolute atomic E-state index is 13.7. The number of aromatic amines is 1. The third-order valence-corrected chi connectivity index (χ3v) is 3.73. The van der Waals surface area contributed by atoms with E-state index in [0.717, 1.165) is 12.5 Å². The summed E-state index contributed by atoms with van der Waals surface area (Å²) in [5.41, 5.74) is -0.292. The smallest absolute Gasteiger partial charge is 0.343 e. The van der Waals surface area contributed by atoms with Crippen LogP contribution in [-0.2, 0) is 11.3 Å². The van der Waals surface area contributed by atoms with E-state index in [1.165, 1.54) is 24.4 Å². The van der Waals surface area contributed by atoms with Gasteiger partial charge in [0.1, 0.15) is 18.0 Å². The van der Waals surface area contributed by atoms with Crippen molar-refractivity contribution >= 4 is 17.6 Å². The van der Waals surface area contributed by atoms with E-state index in [-0.39, 0.29) is 28.4 Å². The van der Waals surface area contributed by atoms with E-state index in [1.54, 1.807) is 0 Å². The number of esters is 1. The monoisotopic (exact) mass is 367 g/mol. The first-order valence-electron chi connectivity index (χ1n) is 7.84. The molecule has 0 spiro atoms. The highest BCUT2D eigenvalue weighted by atomic mass is 35.5. The Morgan fingerprint density at radius 2 is 2.12 bits per heavy atom. The lowest BCUT2D eigenvalue weighted by Crippen LogP contribution is -2.13. The van der Waals surface area contributed by atoms with Crippen molar-refractivity contribution in [2.24, 2.45) is 5.92 Å². The van der Waals surface area contributed by atoms with E-state index in [1.807, 2.05) is 0 Å². The Bertz CT molecular complexity index is 784. The summed E-state index contributed by atoms with van der Waals surface area (Å²) >= 11 is 5.81. The quantitative estimate of drug-likeness (QED) is 0.752. The van der Waals surface area contributed by atoms with Gasteiger partial charge in [-0.15, -0.1) is 0 Å². The maximum atomic E-state index is 13.7. The van der Waals surface area contributed by atoms with Crippen molar-refractivity contribution in [2.45, 2.75) is 26.9 Å². The lowest BCUT2D eigenvalue weighted by atomic mass is 10.1. The molecule has 25 heavy (non-hydrogen) atoms. The van der Waals surface area contributed by atoms with Gasteiger partial charge in [0.2, 0.25) is 5.43 Å². The minimum atomic E-state index is -0.902. The normalized spacial score (nSPS) is 10.8. The summed E-state index contributed by atoms with van der Waals surface area (Å²) in [6.07, 6.45) is 2.25. The van der Waals surface area contributed by atoms with E-state index >= 15 is 0 Å². The summed E-state index contributed by atoms with van der Waals surface area (Å²) in [6, 6.07) is 5.19. The maximum Gasteiger partial charge on any atom is 0.343 e. The minimum absolute atomic E-state index is 0.0348. The third-order valence-electron chi connectivity index (χ3n) is 3.42. The van der Waals surface area contributed by atoms with Crippen LogP contribution in [0.1, 0.15) is 36.3 Å². The molecule has 0 bridgehead atoms. The Morgan fingerprint density at radius 1 is 1.36 bits per heavy atom. The SMILES string of the molecule is CC(C)CCOc1c[nH]c(COC(=O)c2c(F)cccc2Cl)cc1=O. The zero-order chi connectivity index (χ0) is 18.4. The number of ether oxygens (including phenoxy) is 2. The van der Waals surface area contributed by atoms with Crippen LogP contribution in [0.25, 0.3) is 0 Å². The molecular formula is C18H19ClFNO4. The fourth-order valence-corrected chi connectivity index (χ4v) is 2.25. The molecule has 1 N–H and O–H groups in total. The second-order valence-electron chi connectivity index (χ2n) is 5.89. The molecule has 0 radical (unpaired) electrons. The molecule has 0 saturated heterocycles. The van der Waals surface area contributed by atoms with Gasteiger partial charge < -0.3 is 14.5 Å². The van der Waals surface area contributed by atoms with Crippen molar-refractivity contribution in [1.82, 2.24) is 4.98 Å². The first kappa shape index (κ1) is 19.0. The molecule has 0 amide bonds. The van der Waals surface area contributed by atoms with Gasteiger partial charge >= 0.3 is 5.97 Å². The molecule has 2 aromatic rings. The second kappa shape index (κ2) is 8.67. The number of carbonyl (C=O) groups excluding carboxylic acids is 1. The zero-order valence-electron chi connectivity index (χ0n) is 14.0. The fraction of sp³-hybridized carbons (Fsp3) is 0.333. The lowest BCUT2D eigenvalue weighted by Gasteiger charge is -2.09. The predicted molar refractivity (Wildman–Crippen MR) is 92.5 cm³/mol. The number of benzene rings is 1. The fourth-order valence-electron chi connectivity index (χ4n) is 2.01. The first-order valence-corrected chi connectivity index (χ1v) is 8.21. The molecule has 134 valence electrons. The Hall–Kier alpha value is -2.34. The van der Waals surface area contributed by atoms with Gasteiger partial charge in [-0.25, -0.2) is 9.18 Å². The van der Waals surface area contributed by atoms with Crippen LogP contribution >= 0.6 is 11.6 Å². The minimum Gasteiger partial charge on any atom is -0.488 e. The summed E-state index contributed by atoms with van der Waals surface area (Å²) in [4.78, 5) is 26.7. The van der Waals surface area contributed by atoms with Crippen LogP contribution in [0.4, 0.5) is 4.39 Å². The molecule has 0 unspecified atom stereocenters. The average molecular weight is 368 g/mol. The number of H-pyrrole nitrogens is 1. The van der Waals surface area contributed by atoms with Crippen LogP contribution in [0.3, 0.4) is 0 Å². The van der Waals surface area contributed by atoms with Gasteiger partial charge in [0.25, 0.3) is 0 Å². The molecule has 0 aliphatic carbocycles. The highest BCUT2D eigenvalue weighted by Crippen LogP contribution is 2.20. The first-order chi connectivity index (χ1) is 11.9. The van der Waals surface area contributed by atoms with Crippen molar-refractivity contribution in [2.75, 3.05) is 6.61 Å². The number of carbonyl (C=O) groups is 1. The summed E-state index contributed by atoms with van der Waals surface area (Å²) in [6.45, 7) is 4.35. The highest BCUT2D eigenvalue weighted by molar-refractivity contribution is 6.33. The Labute approximate surface area is 149 Å². The van der Waals surface area contributed by atoms with Crippen molar-refractivity contribution in [1.29, 1.82) is 0 Å². The number of aromatic nitrogens is 1. The van der Waals surface area contributed by atoms with Crippen LogP contribution in [-0.4, -0.2) is 17.6 Å². The molecule has 7 heteroatoms. The van der Waals surface area contributed by atoms with Gasteiger partial charge in [0, 0.05) is 12.3 Å². The van der Waals surface area contributed by atoms with E-state index in [9.17, 15) is 14.0 Å². The van der Waals surface area contributed by atoms with Gasteiger partial charge in [-0.1, -0.05) is 31.5 Å². The van der Waals surface area contributed by atoms with Gasteiger partial charge in [0.05, 0.1) is 17.3 Å². The zero-order valence-corrected chi connectivity index (χ0v) is 14.7. The van der Waals surface area contributed by atoms with E-state index in [2.05, 4.69) is 18.8 Å². The molecule has 0 saturated carbocycles. The van der Waals surface area contributed by atoms with Crippen molar-refractivity contribution < 1.29 is 18.7 Å². The van der Waals surface area contributed by atoms with Crippen LogP contribution in [0.15, 0.2) is 35.3 Å². The standard InChI is InChI=1S/C18H19ClFNO4/c1-11(2)6-7-24-16-9-21-12(8-15(16)22)10-25-18(23)17-13(19)4-3-5-14(17)20/h3-5,8-9,11H,6-7,10H2,1-2H3,(H,21,22). The second-order valence-corrected chi connectivity index (χ2v) is 6.30. The molecule has 0 fully saturated rings. The summed E-state index contributed by atoms with van der Waals surface area (Å²) in [5.74, 6) is -0.989. The van der Waals surface area contributed by atoms with Gasteiger partial charge in [-0.2, -0.15) is 0 Å². The number of rotatable bonds is 7. The number of hydrogen-bond acceptors (Lipinski definition) is 4. The summed E-state index contributed by atoms with van der Waals surface area (Å²) in [5, 5.41) is -0.0348. The van der Waals surface area contributed by atoms with E-state index in [0.29, 0.717) is 18.2 Å². The topological polar surface area (TPSA) is 68.4 Å². The molecule has 1 heterocycles. The Morgan fingerprint density at radius 3 is 2.76 bits per heavy atom. The number of hydrogen-bond donors (Lipinski definition) is 1. The summed E-state index contributed by atoms with van der Waals surface area (Å²) in [7, 11) is 0. The predicted octanol–water partition coefficient (Wildman–Crippen LogP) is 3.95. The van der Waals surface area contributed by atoms with Crippen LogP contribution in [0, 0.1) is 11.7 Å². The number of halogens is 2. The molecule has 1 aromatic heterocycles. The van der Waals surface area contributed by atoms with Crippen molar-refractivity contribution in [3.8, 4) is 5.75 Å². The molecule has 0 atom stereocenters. The molecule has 2 rings (SSSR count). The Kier molecular flexibility index (Phi) is 6.58. The number of nitrogens with one attached hydrogen (secondary N) is 1. The van der Waals surface area contributed by atoms with Crippen LogP contribution in [0.2, 0.25) is 5.02 Å². The highest BCUT2D eigenvalue weighted by Gasteiger charge is 2.17. The van der Waals surface area contributed by atoms with E-state index in [4.69, 9.17) is 21.1 Å². The molecule has 5 nitrogen and oxygen atoms in total. The van der Waals surface area contributed by atoms with Gasteiger partial charge in [-0.05, 0) is 24.5 Å². The third kappa shape index (κ3) is 5.32. The van der Waals surface area contributed by atoms with Crippen molar-refractivity contribution in [3.05, 3.63) is 62.8 Å². The van der Waals surface area contributed by atoms with Gasteiger partial charge in [-0.3, -0.25) is 4.79 Å². The van der Waals surface area contributed by atoms with Gasteiger partial charge in [0.15, 0.2) is 5.75 Å². The average Bonchev–Trinajstić information content (AvgIpc) is 2.54. The summed E-state index contributed by atoms with van der Waals surface area (Å²) < 4.78 is 24.1. The number of pyridine rings is 1. The largest absolute Gasteiger partial charge is 0.488 e. The van der Waals surface area contributed by atoms with E-state index < -0.39 is 11.8 Å². The van der Waals surface area contributed by atoms with Crippen LogP contribution < -0.4 is 10.2 Å².